The maximum absolute atomic E-state index is 11.3. The van der Waals surface area contributed by atoms with Crippen molar-refractivity contribution in [2.45, 2.75) is 0 Å². The highest BCUT2D eigenvalue weighted by atomic mass is 16.5. The average molecular weight is 216 g/mol. The molecule has 0 saturated heterocycles. The number of hydrogen-bond acceptors (Lipinski definition) is 3. The van der Waals surface area contributed by atoms with Crippen LogP contribution in [0.25, 0.3) is 11.1 Å². The number of anilines is 1. The van der Waals surface area contributed by atoms with Crippen LogP contribution in [0.2, 0.25) is 0 Å². The first kappa shape index (κ1) is 10.3. The largest absolute Gasteiger partial charge is 0.497 e. The van der Waals surface area contributed by atoms with Gasteiger partial charge in [0.15, 0.2) is 0 Å². The Morgan fingerprint density at radius 2 is 2.00 bits per heavy atom. The molecule has 4 heteroatoms. The first-order valence-electron chi connectivity index (χ1n) is 4.83. The third kappa shape index (κ3) is 2.06. The Morgan fingerprint density at radius 1 is 1.19 bits per heavy atom. The molecule has 0 saturated carbocycles. The van der Waals surface area contributed by atoms with Crippen molar-refractivity contribution in [3.63, 3.8) is 0 Å². The lowest BCUT2D eigenvalue weighted by molar-refractivity contribution is 0.415. The Hall–Kier alpha value is -2.23. The number of H-pyrrole nitrogens is 1. The molecule has 16 heavy (non-hydrogen) atoms. The molecule has 0 aliphatic heterocycles. The predicted molar refractivity (Wildman–Crippen MR) is 63.5 cm³/mol. The molecule has 0 spiro atoms. The summed E-state index contributed by atoms with van der Waals surface area (Å²) in [6, 6.07) is 10.7. The van der Waals surface area contributed by atoms with Gasteiger partial charge < -0.3 is 15.5 Å². The molecule has 1 aromatic heterocycles. The monoisotopic (exact) mass is 216 g/mol. The van der Waals surface area contributed by atoms with Gasteiger partial charge in [0, 0.05) is 6.07 Å². The summed E-state index contributed by atoms with van der Waals surface area (Å²) in [5.74, 6) is 1.10. The van der Waals surface area contributed by atoms with Gasteiger partial charge in [-0.15, -0.1) is 0 Å². The van der Waals surface area contributed by atoms with Gasteiger partial charge in [0.05, 0.1) is 7.11 Å². The number of ether oxygens (including phenoxy) is 1. The van der Waals surface area contributed by atoms with Crippen LogP contribution in [0.3, 0.4) is 0 Å². The van der Waals surface area contributed by atoms with Crippen molar-refractivity contribution in [1.82, 2.24) is 4.98 Å². The van der Waals surface area contributed by atoms with Crippen LogP contribution >= 0.6 is 0 Å². The molecule has 0 amide bonds. The Labute approximate surface area is 92.7 Å². The van der Waals surface area contributed by atoms with Crippen molar-refractivity contribution in [2.75, 3.05) is 12.8 Å². The van der Waals surface area contributed by atoms with Crippen molar-refractivity contribution in [2.24, 2.45) is 0 Å². The van der Waals surface area contributed by atoms with Gasteiger partial charge >= 0.3 is 0 Å². The third-order valence-electron chi connectivity index (χ3n) is 2.27. The summed E-state index contributed by atoms with van der Waals surface area (Å²) in [6.45, 7) is 0. The van der Waals surface area contributed by atoms with Gasteiger partial charge in [-0.1, -0.05) is 12.1 Å². The normalized spacial score (nSPS) is 10.1. The van der Waals surface area contributed by atoms with E-state index in [0.29, 0.717) is 5.82 Å². The minimum atomic E-state index is -0.210. The predicted octanol–water partition coefficient (Wildman–Crippen LogP) is 1.63. The van der Waals surface area contributed by atoms with E-state index < -0.39 is 0 Å². The van der Waals surface area contributed by atoms with E-state index in [1.165, 1.54) is 6.07 Å². The molecule has 82 valence electrons. The van der Waals surface area contributed by atoms with E-state index in [4.69, 9.17) is 10.5 Å². The fourth-order valence-corrected chi connectivity index (χ4v) is 1.53. The fraction of sp³-hybridized carbons (Fsp3) is 0.0833. The van der Waals surface area contributed by atoms with E-state index in [1.54, 1.807) is 13.2 Å². The van der Waals surface area contributed by atoms with Gasteiger partial charge in [0.1, 0.15) is 11.6 Å². The zero-order valence-corrected chi connectivity index (χ0v) is 8.86. The summed E-state index contributed by atoms with van der Waals surface area (Å²) in [6.07, 6.45) is 0. The average Bonchev–Trinajstić information content (AvgIpc) is 2.28. The van der Waals surface area contributed by atoms with Gasteiger partial charge in [0.2, 0.25) is 5.56 Å². The molecule has 0 aliphatic rings. The molecule has 0 bridgehead atoms. The molecular formula is C12H12N2O2. The zero-order valence-electron chi connectivity index (χ0n) is 8.86. The number of aromatic amines is 1. The lowest BCUT2D eigenvalue weighted by atomic mass is 10.1. The molecule has 2 rings (SSSR count). The van der Waals surface area contributed by atoms with Gasteiger partial charge in [-0.05, 0) is 29.3 Å². The van der Waals surface area contributed by atoms with E-state index in [2.05, 4.69) is 4.98 Å². The summed E-state index contributed by atoms with van der Waals surface area (Å²) >= 11 is 0. The number of pyridine rings is 1. The van der Waals surface area contributed by atoms with Crippen molar-refractivity contribution in [1.29, 1.82) is 0 Å². The van der Waals surface area contributed by atoms with Gasteiger partial charge in [-0.25, -0.2) is 0 Å². The summed E-state index contributed by atoms with van der Waals surface area (Å²) in [4.78, 5) is 13.8. The minimum Gasteiger partial charge on any atom is -0.497 e. The molecule has 0 fully saturated rings. The Balaban J connectivity index is 2.53. The van der Waals surface area contributed by atoms with Crippen LogP contribution in [-0.4, -0.2) is 12.1 Å². The van der Waals surface area contributed by atoms with E-state index in [9.17, 15) is 4.79 Å². The standard InChI is InChI=1S/C12H12N2O2/c1-16-10-4-2-3-8(5-10)9-6-11(13)14-12(15)7-9/h2-7H,1H3,(H3,13,14,15). The van der Waals surface area contributed by atoms with Gasteiger partial charge in [-0.3, -0.25) is 4.79 Å². The molecule has 0 unspecified atom stereocenters. The SMILES string of the molecule is COc1cccc(-c2cc(N)[nH]c(=O)c2)c1. The highest BCUT2D eigenvalue weighted by Gasteiger charge is 2.01. The zero-order chi connectivity index (χ0) is 11.5. The number of rotatable bonds is 2. The van der Waals surface area contributed by atoms with Crippen LogP contribution in [0.1, 0.15) is 0 Å². The van der Waals surface area contributed by atoms with Crippen molar-refractivity contribution in [3.8, 4) is 16.9 Å². The number of nitrogens with one attached hydrogen (secondary N) is 1. The van der Waals surface area contributed by atoms with Crippen molar-refractivity contribution >= 4 is 5.82 Å². The van der Waals surface area contributed by atoms with E-state index >= 15 is 0 Å². The highest BCUT2D eigenvalue weighted by molar-refractivity contribution is 5.66. The molecular weight excluding hydrogens is 204 g/mol. The van der Waals surface area contributed by atoms with Crippen LogP contribution in [0.4, 0.5) is 5.82 Å². The Morgan fingerprint density at radius 3 is 2.69 bits per heavy atom. The van der Waals surface area contributed by atoms with Crippen molar-refractivity contribution < 1.29 is 4.74 Å². The second-order valence-electron chi connectivity index (χ2n) is 3.42. The number of aromatic nitrogens is 1. The van der Waals surface area contributed by atoms with Crippen LogP contribution in [0.5, 0.6) is 5.75 Å². The summed E-state index contributed by atoms with van der Waals surface area (Å²) in [7, 11) is 1.60. The molecule has 3 N–H and O–H groups in total. The molecule has 1 heterocycles. The fourth-order valence-electron chi connectivity index (χ4n) is 1.53. The third-order valence-corrected chi connectivity index (χ3v) is 2.27. The van der Waals surface area contributed by atoms with Gasteiger partial charge in [0.25, 0.3) is 0 Å². The van der Waals surface area contributed by atoms with Gasteiger partial charge in [-0.2, -0.15) is 0 Å². The first-order chi connectivity index (χ1) is 7.69. The van der Waals surface area contributed by atoms with E-state index in [-0.39, 0.29) is 5.56 Å². The number of methoxy groups -OCH3 is 1. The number of nitrogen functional groups attached to an aromatic ring is 1. The summed E-state index contributed by atoms with van der Waals surface area (Å²) in [5.41, 5.74) is 7.05. The Bertz CT molecular complexity index is 561. The topological polar surface area (TPSA) is 68.1 Å². The quantitative estimate of drug-likeness (QED) is 0.801. The van der Waals surface area contributed by atoms with Crippen LogP contribution in [0, 0.1) is 0 Å². The molecule has 0 atom stereocenters. The second kappa shape index (κ2) is 4.10. The molecule has 0 aliphatic carbocycles. The first-order valence-corrected chi connectivity index (χ1v) is 4.83. The number of benzene rings is 1. The van der Waals surface area contributed by atoms with Crippen LogP contribution in [0.15, 0.2) is 41.2 Å². The van der Waals surface area contributed by atoms with Crippen molar-refractivity contribution in [3.05, 3.63) is 46.8 Å². The molecule has 0 radical (unpaired) electrons. The lowest BCUT2D eigenvalue weighted by Crippen LogP contribution is -2.07. The summed E-state index contributed by atoms with van der Waals surface area (Å²) < 4.78 is 5.12. The number of hydrogen-bond donors (Lipinski definition) is 2. The lowest BCUT2D eigenvalue weighted by Gasteiger charge is -2.04. The summed E-state index contributed by atoms with van der Waals surface area (Å²) in [5, 5.41) is 0. The smallest absolute Gasteiger partial charge is 0.250 e. The second-order valence-corrected chi connectivity index (χ2v) is 3.42. The van der Waals surface area contributed by atoms with E-state index in [0.717, 1.165) is 16.9 Å². The maximum atomic E-state index is 11.3. The number of nitrogens with two attached hydrogens (primary N) is 1. The Kier molecular flexibility index (Phi) is 2.64. The molecule has 1 aromatic carbocycles. The molecule has 4 nitrogen and oxygen atoms in total. The minimum absolute atomic E-state index is 0.210. The van der Waals surface area contributed by atoms with Crippen LogP contribution < -0.4 is 16.0 Å². The van der Waals surface area contributed by atoms with Crippen LogP contribution in [-0.2, 0) is 0 Å². The molecule has 2 aromatic rings. The maximum Gasteiger partial charge on any atom is 0.250 e. The highest BCUT2D eigenvalue weighted by Crippen LogP contribution is 2.23. The van der Waals surface area contributed by atoms with E-state index in [1.807, 2.05) is 24.3 Å².